The molecule has 2 aromatic rings. The summed E-state index contributed by atoms with van der Waals surface area (Å²) in [5.41, 5.74) is 7.20. The molecule has 6 nitrogen and oxygen atoms in total. The van der Waals surface area contributed by atoms with Crippen molar-refractivity contribution in [3.63, 3.8) is 0 Å². The predicted molar refractivity (Wildman–Crippen MR) is 84.6 cm³/mol. The first kappa shape index (κ1) is 15.7. The highest BCUT2D eigenvalue weighted by Crippen LogP contribution is 2.27. The number of carbonyl (C=O) groups is 1. The summed E-state index contributed by atoms with van der Waals surface area (Å²) in [6, 6.07) is 5.45. The Morgan fingerprint density at radius 1 is 1.43 bits per heavy atom. The van der Waals surface area contributed by atoms with Crippen LogP contribution in [0.5, 0.6) is 0 Å². The number of hydrogen-bond acceptors (Lipinski definition) is 6. The average Bonchev–Trinajstić information content (AvgIpc) is 2.79. The molecule has 1 aromatic carbocycles. The van der Waals surface area contributed by atoms with Gasteiger partial charge in [0, 0.05) is 5.69 Å². The number of rotatable bonds is 7. The summed E-state index contributed by atoms with van der Waals surface area (Å²) in [7, 11) is 0. The van der Waals surface area contributed by atoms with Gasteiger partial charge in [-0.25, -0.2) is 4.98 Å². The molecule has 0 radical (unpaired) electrons. The number of anilines is 2. The molecule has 1 heterocycles. The van der Waals surface area contributed by atoms with Gasteiger partial charge in [0.05, 0.1) is 29.5 Å². The van der Waals surface area contributed by atoms with E-state index in [9.17, 15) is 4.79 Å². The molecular formula is C14H19N3O3S. The van der Waals surface area contributed by atoms with Crippen molar-refractivity contribution in [2.75, 3.05) is 30.9 Å². The van der Waals surface area contributed by atoms with E-state index in [-0.39, 0.29) is 18.6 Å². The summed E-state index contributed by atoms with van der Waals surface area (Å²) in [6.07, 6.45) is 0.164. The van der Waals surface area contributed by atoms with Crippen molar-refractivity contribution in [3.8, 4) is 0 Å². The van der Waals surface area contributed by atoms with Crippen LogP contribution < -0.4 is 11.1 Å². The number of amides is 1. The third-order valence-electron chi connectivity index (χ3n) is 2.57. The molecule has 0 saturated carbocycles. The zero-order valence-corrected chi connectivity index (χ0v) is 12.9. The predicted octanol–water partition coefficient (Wildman–Crippen LogP) is 2.26. The van der Waals surface area contributed by atoms with E-state index < -0.39 is 0 Å². The third kappa shape index (κ3) is 4.96. The minimum Gasteiger partial charge on any atom is -0.399 e. The molecule has 0 unspecified atom stereocenters. The Bertz CT molecular complexity index is 613. The van der Waals surface area contributed by atoms with Crippen LogP contribution in [0.4, 0.5) is 10.8 Å². The minimum atomic E-state index is -0.230. The number of hydrogen-bond donors (Lipinski definition) is 2. The van der Waals surface area contributed by atoms with Gasteiger partial charge in [-0.3, -0.25) is 10.1 Å². The number of nitrogens with two attached hydrogens (primary N) is 1. The lowest BCUT2D eigenvalue weighted by molar-refractivity contribution is -0.121. The van der Waals surface area contributed by atoms with E-state index in [1.165, 1.54) is 11.3 Å². The van der Waals surface area contributed by atoms with Crippen LogP contribution in [0, 0.1) is 0 Å². The molecule has 0 atom stereocenters. The van der Waals surface area contributed by atoms with E-state index in [0.717, 1.165) is 10.2 Å². The zero-order valence-electron chi connectivity index (χ0n) is 12.1. The van der Waals surface area contributed by atoms with Crippen molar-refractivity contribution in [3.05, 3.63) is 18.2 Å². The zero-order chi connectivity index (χ0) is 15.2. The molecule has 3 N–H and O–H groups in total. The van der Waals surface area contributed by atoms with Gasteiger partial charge in [-0.05, 0) is 32.0 Å². The highest BCUT2D eigenvalue weighted by atomic mass is 32.1. The van der Waals surface area contributed by atoms with Gasteiger partial charge in [0.1, 0.15) is 6.61 Å². The average molecular weight is 309 g/mol. The van der Waals surface area contributed by atoms with Crippen molar-refractivity contribution in [1.82, 2.24) is 4.98 Å². The van der Waals surface area contributed by atoms with Crippen molar-refractivity contribution >= 4 is 38.3 Å². The Morgan fingerprint density at radius 2 is 2.24 bits per heavy atom. The lowest BCUT2D eigenvalue weighted by Gasteiger charge is -2.07. The summed E-state index contributed by atoms with van der Waals surface area (Å²) < 4.78 is 11.5. The molecule has 114 valence electrons. The second-order valence-corrected chi connectivity index (χ2v) is 5.80. The molecule has 0 fully saturated rings. The molecule has 1 aromatic heterocycles. The molecule has 0 aliphatic heterocycles. The van der Waals surface area contributed by atoms with Crippen LogP contribution in [0.2, 0.25) is 0 Å². The largest absolute Gasteiger partial charge is 0.399 e. The quantitative estimate of drug-likeness (QED) is 0.605. The first-order valence-electron chi connectivity index (χ1n) is 6.70. The van der Waals surface area contributed by atoms with Gasteiger partial charge in [-0.2, -0.15) is 0 Å². The number of nitrogens with zero attached hydrogens (tertiary/aromatic N) is 1. The molecule has 0 saturated heterocycles. The Labute approximate surface area is 127 Å². The van der Waals surface area contributed by atoms with E-state index in [0.29, 0.717) is 24.0 Å². The summed E-state index contributed by atoms with van der Waals surface area (Å²) in [5.74, 6) is -0.230. The minimum absolute atomic E-state index is 0.0144. The van der Waals surface area contributed by atoms with E-state index >= 15 is 0 Å². The van der Waals surface area contributed by atoms with Crippen LogP contribution in [-0.4, -0.2) is 36.8 Å². The molecule has 2 rings (SSSR count). The standard InChI is InChI=1S/C14H19N3O3S/c1-9(2)20-6-5-19-8-13(18)17-14-16-11-4-3-10(15)7-12(11)21-14/h3-4,7,9H,5-6,8,15H2,1-2H3,(H,16,17,18). The van der Waals surface area contributed by atoms with Gasteiger partial charge in [0.2, 0.25) is 0 Å². The Balaban J connectivity index is 1.78. The van der Waals surface area contributed by atoms with Crippen LogP contribution in [0.15, 0.2) is 18.2 Å². The number of benzene rings is 1. The molecule has 0 aliphatic rings. The lowest BCUT2D eigenvalue weighted by atomic mass is 10.3. The van der Waals surface area contributed by atoms with Crippen molar-refractivity contribution in [1.29, 1.82) is 0 Å². The maximum absolute atomic E-state index is 11.7. The number of fused-ring (bicyclic) bond motifs is 1. The van der Waals surface area contributed by atoms with E-state index in [4.69, 9.17) is 15.2 Å². The van der Waals surface area contributed by atoms with Gasteiger partial charge >= 0.3 is 0 Å². The first-order chi connectivity index (χ1) is 10.0. The van der Waals surface area contributed by atoms with Crippen LogP contribution >= 0.6 is 11.3 Å². The molecule has 21 heavy (non-hydrogen) atoms. The Morgan fingerprint density at radius 3 is 3.00 bits per heavy atom. The number of thiazole rings is 1. The molecule has 0 aliphatic carbocycles. The maximum Gasteiger partial charge on any atom is 0.252 e. The highest BCUT2D eigenvalue weighted by Gasteiger charge is 2.08. The number of aromatic nitrogens is 1. The number of nitrogens with one attached hydrogen (secondary N) is 1. The Hall–Kier alpha value is -1.70. The molecule has 0 bridgehead atoms. The number of carbonyl (C=O) groups excluding carboxylic acids is 1. The second kappa shape index (κ2) is 7.35. The van der Waals surface area contributed by atoms with Crippen LogP contribution in [-0.2, 0) is 14.3 Å². The normalized spacial score (nSPS) is 11.2. The monoisotopic (exact) mass is 309 g/mol. The summed E-state index contributed by atoms with van der Waals surface area (Å²) in [4.78, 5) is 16.0. The molecule has 1 amide bonds. The fraction of sp³-hybridized carbons (Fsp3) is 0.429. The summed E-state index contributed by atoms with van der Waals surface area (Å²) in [6.45, 7) is 4.76. The van der Waals surface area contributed by atoms with Gasteiger partial charge < -0.3 is 15.2 Å². The third-order valence-corrected chi connectivity index (χ3v) is 3.50. The van der Waals surface area contributed by atoms with Gasteiger partial charge in [-0.15, -0.1) is 0 Å². The summed E-state index contributed by atoms with van der Waals surface area (Å²) >= 11 is 1.38. The fourth-order valence-electron chi connectivity index (χ4n) is 1.66. The van der Waals surface area contributed by atoms with Gasteiger partial charge in [0.15, 0.2) is 5.13 Å². The lowest BCUT2D eigenvalue weighted by Crippen LogP contribution is -2.20. The molecule has 0 spiro atoms. The van der Waals surface area contributed by atoms with E-state index in [1.807, 2.05) is 26.0 Å². The van der Waals surface area contributed by atoms with Crippen LogP contribution in [0.3, 0.4) is 0 Å². The molecular weight excluding hydrogens is 290 g/mol. The first-order valence-corrected chi connectivity index (χ1v) is 7.51. The second-order valence-electron chi connectivity index (χ2n) is 4.77. The van der Waals surface area contributed by atoms with Crippen LogP contribution in [0.25, 0.3) is 10.2 Å². The number of nitrogen functional groups attached to an aromatic ring is 1. The van der Waals surface area contributed by atoms with Gasteiger partial charge in [-0.1, -0.05) is 11.3 Å². The van der Waals surface area contributed by atoms with Crippen molar-refractivity contribution < 1.29 is 14.3 Å². The van der Waals surface area contributed by atoms with E-state index in [1.54, 1.807) is 6.07 Å². The highest BCUT2D eigenvalue weighted by molar-refractivity contribution is 7.22. The van der Waals surface area contributed by atoms with Crippen molar-refractivity contribution in [2.24, 2.45) is 0 Å². The smallest absolute Gasteiger partial charge is 0.252 e. The van der Waals surface area contributed by atoms with Crippen LogP contribution in [0.1, 0.15) is 13.8 Å². The van der Waals surface area contributed by atoms with E-state index in [2.05, 4.69) is 10.3 Å². The summed E-state index contributed by atoms with van der Waals surface area (Å²) in [5, 5.41) is 3.26. The Kier molecular flexibility index (Phi) is 5.49. The number of ether oxygens (including phenoxy) is 2. The SMILES string of the molecule is CC(C)OCCOCC(=O)Nc1nc2ccc(N)cc2s1. The maximum atomic E-state index is 11.7. The fourth-order valence-corrected chi connectivity index (χ4v) is 2.59. The topological polar surface area (TPSA) is 86.5 Å². The van der Waals surface area contributed by atoms with Gasteiger partial charge in [0.25, 0.3) is 5.91 Å². The van der Waals surface area contributed by atoms with Crippen molar-refractivity contribution in [2.45, 2.75) is 20.0 Å². The molecule has 7 heteroatoms.